The fourth-order valence-electron chi connectivity index (χ4n) is 1.15. The van der Waals surface area contributed by atoms with Crippen LogP contribution in [0.25, 0.3) is 0 Å². The first-order valence-electron chi connectivity index (χ1n) is 4.35. The Morgan fingerprint density at radius 2 is 2.64 bits per heavy atom. The van der Waals surface area contributed by atoms with Crippen LogP contribution in [-0.4, -0.2) is 21.9 Å². The molecule has 0 bridgehead atoms. The number of nitrogens with one attached hydrogen (secondary N) is 2. The second kappa shape index (κ2) is 4.18. The second-order valence-electron chi connectivity index (χ2n) is 3.10. The Balaban J connectivity index is 1.86. The Labute approximate surface area is 89.8 Å². The lowest BCUT2D eigenvalue weighted by atomic mass is 10.5. The third-order valence-electron chi connectivity index (χ3n) is 1.81. The monoisotopic (exact) mass is 229 g/mol. The number of nitrogens with zero attached hydrogens (tertiary/aromatic N) is 1. The summed E-state index contributed by atoms with van der Waals surface area (Å²) < 4.78 is 0. The number of thioether (sulfide) groups is 1. The molecular weight excluding hydrogens is 218 g/mol. The standard InChI is InChI=1S/C8H11N3OS2/c1-5-2-9-7(14-5)10-3-6-4-13-8(12)11-6/h4-5H,2-3H2,1H3,(H,9,10)(H,11,12). The molecule has 0 saturated heterocycles. The smallest absolute Gasteiger partial charge is 0.304 e. The van der Waals surface area contributed by atoms with Crippen LogP contribution in [0.2, 0.25) is 0 Å². The molecule has 4 nitrogen and oxygen atoms in total. The van der Waals surface area contributed by atoms with Gasteiger partial charge in [-0.1, -0.05) is 30.0 Å². The Kier molecular flexibility index (Phi) is 2.93. The molecule has 6 heteroatoms. The van der Waals surface area contributed by atoms with Gasteiger partial charge < -0.3 is 10.3 Å². The SMILES string of the molecule is CC1CN=C(NCc2csc(=O)[nH]2)S1. The lowest BCUT2D eigenvalue weighted by Gasteiger charge is -2.03. The summed E-state index contributed by atoms with van der Waals surface area (Å²) in [6, 6.07) is 0. The van der Waals surface area contributed by atoms with E-state index in [1.165, 1.54) is 11.3 Å². The van der Waals surface area contributed by atoms with Crippen LogP contribution in [0.5, 0.6) is 0 Å². The Morgan fingerprint density at radius 1 is 1.79 bits per heavy atom. The number of aromatic nitrogens is 1. The van der Waals surface area contributed by atoms with Crippen molar-refractivity contribution in [2.24, 2.45) is 4.99 Å². The lowest BCUT2D eigenvalue weighted by Crippen LogP contribution is -2.19. The van der Waals surface area contributed by atoms with E-state index in [1.807, 2.05) is 5.38 Å². The third kappa shape index (κ3) is 2.39. The van der Waals surface area contributed by atoms with E-state index in [0.29, 0.717) is 11.8 Å². The molecule has 1 aromatic rings. The average Bonchev–Trinajstić information content (AvgIpc) is 2.72. The van der Waals surface area contributed by atoms with Crippen LogP contribution in [0.1, 0.15) is 12.6 Å². The summed E-state index contributed by atoms with van der Waals surface area (Å²) in [5.41, 5.74) is 0.919. The molecule has 14 heavy (non-hydrogen) atoms. The molecular formula is C8H11N3OS2. The number of H-pyrrole nitrogens is 1. The van der Waals surface area contributed by atoms with Crippen molar-refractivity contribution in [2.45, 2.75) is 18.7 Å². The van der Waals surface area contributed by atoms with Gasteiger partial charge in [0.15, 0.2) is 5.17 Å². The van der Waals surface area contributed by atoms with Gasteiger partial charge in [0, 0.05) is 16.3 Å². The first-order valence-corrected chi connectivity index (χ1v) is 6.11. The van der Waals surface area contributed by atoms with Gasteiger partial charge in [0.2, 0.25) is 0 Å². The summed E-state index contributed by atoms with van der Waals surface area (Å²) in [5.74, 6) is 0. The number of hydrogen-bond acceptors (Lipinski definition) is 5. The van der Waals surface area contributed by atoms with Crippen LogP contribution >= 0.6 is 23.1 Å². The van der Waals surface area contributed by atoms with Crippen molar-refractivity contribution in [3.8, 4) is 0 Å². The van der Waals surface area contributed by atoms with Crippen LogP contribution in [0.4, 0.5) is 0 Å². The summed E-state index contributed by atoms with van der Waals surface area (Å²) in [4.78, 5) is 17.9. The quantitative estimate of drug-likeness (QED) is 0.796. The zero-order valence-corrected chi connectivity index (χ0v) is 9.37. The van der Waals surface area contributed by atoms with Crippen molar-refractivity contribution >= 4 is 28.3 Å². The normalized spacial score (nSPS) is 20.9. The highest BCUT2D eigenvalue weighted by atomic mass is 32.2. The molecule has 2 rings (SSSR count). The molecule has 1 aliphatic heterocycles. The van der Waals surface area contributed by atoms with Crippen LogP contribution in [0, 0.1) is 0 Å². The molecule has 2 N–H and O–H groups in total. The molecule has 2 heterocycles. The van der Waals surface area contributed by atoms with E-state index in [2.05, 4.69) is 22.2 Å². The molecule has 1 aliphatic rings. The van der Waals surface area contributed by atoms with Crippen LogP contribution < -0.4 is 10.2 Å². The number of aliphatic imine (C=N–C) groups is 1. The molecule has 0 radical (unpaired) electrons. The van der Waals surface area contributed by atoms with E-state index < -0.39 is 0 Å². The van der Waals surface area contributed by atoms with Gasteiger partial charge in [-0.2, -0.15) is 0 Å². The third-order valence-corrected chi connectivity index (χ3v) is 3.57. The summed E-state index contributed by atoms with van der Waals surface area (Å²) in [6.45, 7) is 3.68. The van der Waals surface area contributed by atoms with Gasteiger partial charge in [0.1, 0.15) is 0 Å². The van der Waals surface area contributed by atoms with Crippen LogP contribution in [-0.2, 0) is 6.54 Å². The van der Waals surface area contributed by atoms with E-state index in [1.54, 1.807) is 11.8 Å². The molecule has 0 saturated carbocycles. The van der Waals surface area contributed by atoms with Crippen molar-refractivity contribution in [1.82, 2.24) is 10.3 Å². The number of amidine groups is 1. The minimum absolute atomic E-state index is 0.00354. The highest BCUT2D eigenvalue weighted by Crippen LogP contribution is 2.18. The van der Waals surface area contributed by atoms with Crippen molar-refractivity contribution < 1.29 is 0 Å². The largest absolute Gasteiger partial charge is 0.359 e. The van der Waals surface area contributed by atoms with E-state index >= 15 is 0 Å². The Hall–Kier alpha value is -0.750. The molecule has 1 unspecified atom stereocenters. The summed E-state index contributed by atoms with van der Waals surface area (Å²) in [5, 5.41) is 6.57. The Morgan fingerprint density at radius 3 is 3.21 bits per heavy atom. The first-order chi connectivity index (χ1) is 6.74. The zero-order valence-electron chi connectivity index (χ0n) is 7.74. The maximum Gasteiger partial charge on any atom is 0.304 e. The highest BCUT2D eigenvalue weighted by molar-refractivity contribution is 8.14. The molecule has 0 amide bonds. The molecule has 0 fully saturated rings. The van der Waals surface area contributed by atoms with Gasteiger partial charge >= 0.3 is 4.87 Å². The number of aromatic amines is 1. The zero-order chi connectivity index (χ0) is 9.97. The van der Waals surface area contributed by atoms with E-state index in [9.17, 15) is 4.79 Å². The highest BCUT2D eigenvalue weighted by Gasteiger charge is 2.14. The van der Waals surface area contributed by atoms with Gasteiger partial charge in [-0.3, -0.25) is 9.79 Å². The molecule has 76 valence electrons. The van der Waals surface area contributed by atoms with E-state index in [0.717, 1.165) is 17.4 Å². The molecule has 0 spiro atoms. The van der Waals surface area contributed by atoms with Crippen LogP contribution in [0.3, 0.4) is 0 Å². The number of thiazole rings is 1. The number of rotatable bonds is 2. The van der Waals surface area contributed by atoms with Gasteiger partial charge in [-0.15, -0.1) is 0 Å². The maximum absolute atomic E-state index is 10.8. The second-order valence-corrected chi connectivity index (χ2v) is 5.37. The summed E-state index contributed by atoms with van der Waals surface area (Å²) in [7, 11) is 0. The molecule has 0 aromatic carbocycles. The predicted octanol–water partition coefficient (Wildman–Crippen LogP) is 1.02. The number of hydrogen-bond donors (Lipinski definition) is 2. The van der Waals surface area contributed by atoms with E-state index in [4.69, 9.17) is 0 Å². The van der Waals surface area contributed by atoms with Crippen molar-refractivity contribution in [3.63, 3.8) is 0 Å². The topological polar surface area (TPSA) is 57.2 Å². The molecule has 1 atom stereocenters. The first kappa shape index (κ1) is 9.79. The van der Waals surface area contributed by atoms with Crippen molar-refractivity contribution in [3.05, 3.63) is 20.7 Å². The fourth-order valence-corrected chi connectivity index (χ4v) is 2.56. The average molecular weight is 229 g/mol. The van der Waals surface area contributed by atoms with Crippen LogP contribution in [0.15, 0.2) is 15.2 Å². The molecule has 0 aliphatic carbocycles. The van der Waals surface area contributed by atoms with Gasteiger partial charge in [-0.05, 0) is 0 Å². The van der Waals surface area contributed by atoms with Crippen molar-refractivity contribution in [1.29, 1.82) is 0 Å². The van der Waals surface area contributed by atoms with Gasteiger partial charge in [0.05, 0.1) is 13.1 Å². The van der Waals surface area contributed by atoms with Gasteiger partial charge in [-0.25, -0.2) is 0 Å². The van der Waals surface area contributed by atoms with E-state index in [-0.39, 0.29) is 4.87 Å². The minimum atomic E-state index is -0.00354. The predicted molar refractivity (Wildman–Crippen MR) is 61.1 cm³/mol. The fraction of sp³-hybridized carbons (Fsp3) is 0.500. The van der Waals surface area contributed by atoms with Gasteiger partial charge in [0.25, 0.3) is 0 Å². The summed E-state index contributed by atoms with van der Waals surface area (Å²) in [6.07, 6.45) is 0. The lowest BCUT2D eigenvalue weighted by molar-refractivity contribution is 0.883. The maximum atomic E-state index is 10.8. The summed E-state index contributed by atoms with van der Waals surface area (Å²) >= 11 is 2.93. The Bertz CT molecular complexity index is 395. The van der Waals surface area contributed by atoms with Crippen molar-refractivity contribution in [2.75, 3.05) is 6.54 Å². The minimum Gasteiger partial charge on any atom is -0.359 e. The molecule has 1 aromatic heterocycles.